The Labute approximate surface area is 211 Å². The van der Waals surface area contributed by atoms with E-state index in [9.17, 15) is 9.59 Å². The number of hydrogen-bond donors (Lipinski definition) is 0. The number of anilines is 1. The van der Waals surface area contributed by atoms with E-state index in [1.165, 1.54) is 17.0 Å². The fourth-order valence-corrected chi connectivity index (χ4v) is 3.79. The molecule has 0 unspecified atom stereocenters. The maximum absolute atomic E-state index is 12.9. The summed E-state index contributed by atoms with van der Waals surface area (Å²) in [7, 11) is 0. The van der Waals surface area contributed by atoms with Gasteiger partial charge in [0, 0.05) is 6.07 Å². The highest BCUT2D eigenvalue weighted by molar-refractivity contribution is 6.37. The van der Waals surface area contributed by atoms with Crippen LogP contribution in [0.2, 0.25) is 15.2 Å². The molecule has 0 radical (unpaired) electrons. The fraction of sp³-hybridized carbons (Fsp3) is 0.409. The average molecular weight is 530 g/mol. The molecule has 0 aliphatic carbocycles. The van der Waals surface area contributed by atoms with Crippen LogP contribution in [0.5, 0.6) is 11.6 Å². The highest BCUT2D eigenvalue weighted by atomic mass is 35.5. The Kier molecular flexibility index (Phi) is 7.90. The van der Waals surface area contributed by atoms with E-state index in [2.05, 4.69) is 20.2 Å². The van der Waals surface area contributed by atoms with Gasteiger partial charge >= 0.3 is 12.1 Å². The summed E-state index contributed by atoms with van der Waals surface area (Å²) in [5.41, 5.74) is 0.641. The third-order valence-corrected chi connectivity index (χ3v) is 5.31. The second-order valence-corrected chi connectivity index (χ2v) is 9.96. The van der Waals surface area contributed by atoms with Crippen LogP contribution < -0.4 is 9.64 Å². The Morgan fingerprint density at radius 3 is 2.32 bits per heavy atom. The van der Waals surface area contributed by atoms with Gasteiger partial charge < -0.3 is 14.3 Å². The van der Waals surface area contributed by atoms with Gasteiger partial charge in [0.05, 0.1) is 34.4 Å². The van der Waals surface area contributed by atoms with Crippen LogP contribution in [0.4, 0.5) is 10.5 Å². The van der Waals surface area contributed by atoms with E-state index < -0.39 is 17.7 Å². The molecule has 2 aromatic rings. The molecule has 12 heteroatoms. The molecule has 1 amide bonds. The summed E-state index contributed by atoms with van der Waals surface area (Å²) in [6.45, 7) is 9.06. The molecule has 1 aromatic carbocycles. The van der Waals surface area contributed by atoms with Crippen LogP contribution in [-0.2, 0) is 14.4 Å². The van der Waals surface area contributed by atoms with Gasteiger partial charge in [-0.2, -0.15) is 0 Å². The first-order valence-corrected chi connectivity index (χ1v) is 11.4. The molecule has 1 aliphatic heterocycles. The van der Waals surface area contributed by atoms with Crippen molar-refractivity contribution in [3.63, 3.8) is 0 Å². The summed E-state index contributed by atoms with van der Waals surface area (Å²) in [6.07, 6.45) is -0.726. The normalized spacial score (nSPS) is 13.6. The lowest BCUT2D eigenvalue weighted by Gasteiger charge is -2.27. The zero-order chi connectivity index (χ0) is 25.2. The summed E-state index contributed by atoms with van der Waals surface area (Å²) in [4.78, 5) is 30.3. The van der Waals surface area contributed by atoms with Gasteiger partial charge in [-0.05, 0) is 44.4 Å². The first kappa shape index (κ1) is 26.0. The second kappa shape index (κ2) is 10.3. The fourth-order valence-electron chi connectivity index (χ4n) is 2.92. The van der Waals surface area contributed by atoms with Crippen molar-refractivity contribution in [2.45, 2.75) is 52.6 Å². The van der Waals surface area contributed by atoms with Gasteiger partial charge in [0.15, 0.2) is 10.9 Å². The molecule has 2 heterocycles. The molecular formula is C22H23Cl3N4O5. The molecule has 0 bridgehead atoms. The van der Waals surface area contributed by atoms with Crippen molar-refractivity contribution >= 4 is 58.3 Å². The predicted molar refractivity (Wildman–Crippen MR) is 129 cm³/mol. The topological polar surface area (TPSA) is 103 Å². The Morgan fingerprint density at radius 1 is 1.15 bits per heavy atom. The predicted octanol–water partition coefficient (Wildman–Crippen LogP) is 6.40. The van der Waals surface area contributed by atoms with Gasteiger partial charge in [0.25, 0.3) is 0 Å². The van der Waals surface area contributed by atoms with Crippen molar-refractivity contribution in [3.8, 4) is 11.6 Å². The summed E-state index contributed by atoms with van der Waals surface area (Å²) >= 11 is 19.0. The number of hydrogen-bond acceptors (Lipinski definition) is 8. The van der Waals surface area contributed by atoms with Crippen molar-refractivity contribution in [3.05, 3.63) is 39.0 Å². The summed E-state index contributed by atoms with van der Waals surface area (Å²) in [6, 6.07) is 4.62. The summed E-state index contributed by atoms with van der Waals surface area (Å²) in [5, 5.41) is 12.0. The number of carbonyl (C=O) groups is 2. The summed E-state index contributed by atoms with van der Waals surface area (Å²) in [5.74, 6) is -0.136. The maximum atomic E-state index is 12.9. The van der Waals surface area contributed by atoms with Crippen molar-refractivity contribution < 1.29 is 23.9 Å². The minimum atomic E-state index is -0.767. The number of ether oxygens (including phenoxy) is 2. The van der Waals surface area contributed by atoms with Gasteiger partial charge in [-0.1, -0.05) is 53.8 Å². The lowest BCUT2D eigenvalue weighted by atomic mass is 10.1. The van der Waals surface area contributed by atoms with E-state index >= 15 is 0 Å². The van der Waals surface area contributed by atoms with E-state index in [0.717, 1.165) is 5.56 Å². The lowest BCUT2D eigenvalue weighted by Crippen LogP contribution is -2.40. The SMILES string of the molecule is CC(C)c1cc(Oc2c(Cl)cc(N(CC3=NOC(=O)C3)C(=O)OC(C)(C)C)cc2Cl)nnc1Cl. The molecule has 0 saturated carbocycles. The Bertz CT molecular complexity index is 1120. The van der Waals surface area contributed by atoms with Gasteiger partial charge in [-0.15, -0.1) is 10.2 Å². The van der Waals surface area contributed by atoms with E-state index in [-0.39, 0.29) is 45.7 Å². The van der Waals surface area contributed by atoms with Gasteiger partial charge in [0.1, 0.15) is 5.60 Å². The van der Waals surface area contributed by atoms with Gasteiger partial charge in [-0.25, -0.2) is 9.59 Å². The Morgan fingerprint density at radius 2 is 1.79 bits per heavy atom. The Hall–Kier alpha value is -2.62. The zero-order valence-corrected chi connectivity index (χ0v) is 21.5. The minimum absolute atomic E-state index is 0.0463. The van der Waals surface area contributed by atoms with Crippen molar-refractivity contribution in [2.24, 2.45) is 5.16 Å². The highest BCUT2D eigenvalue weighted by Crippen LogP contribution is 2.40. The molecule has 0 spiro atoms. The standard InChI is InChI=1S/C22H23Cl3N4O5/c1-11(2)14-9-17(26-27-20(14)25)32-19-15(23)7-13(8-16(19)24)29(21(31)33-22(3,4)5)10-12-6-18(30)34-28-12/h7-9,11H,6,10H2,1-5H3. The van der Waals surface area contributed by atoms with Crippen LogP contribution >= 0.6 is 34.8 Å². The molecule has 1 aliphatic rings. The molecule has 0 atom stereocenters. The molecule has 0 N–H and O–H groups in total. The number of amides is 1. The number of benzene rings is 1. The molecular weight excluding hydrogens is 507 g/mol. The summed E-state index contributed by atoms with van der Waals surface area (Å²) < 4.78 is 11.3. The van der Waals surface area contributed by atoms with Crippen LogP contribution in [0.3, 0.4) is 0 Å². The average Bonchev–Trinajstić information content (AvgIpc) is 3.13. The number of aromatic nitrogens is 2. The number of halogens is 3. The van der Waals surface area contributed by atoms with Crippen LogP contribution in [0, 0.1) is 0 Å². The van der Waals surface area contributed by atoms with Crippen LogP contribution in [0.1, 0.15) is 52.5 Å². The van der Waals surface area contributed by atoms with Crippen LogP contribution in [0.15, 0.2) is 23.4 Å². The van der Waals surface area contributed by atoms with E-state index in [1.54, 1.807) is 26.8 Å². The molecule has 182 valence electrons. The van der Waals surface area contributed by atoms with Crippen LogP contribution in [0.25, 0.3) is 0 Å². The number of nitrogens with zero attached hydrogens (tertiary/aromatic N) is 4. The first-order valence-electron chi connectivity index (χ1n) is 10.3. The molecule has 0 saturated heterocycles. The smallest absolute Gasteiger partial charge is 0.415 e. The quantitative estimate of drug-likeness (QED) is 0.399. The monoisotopic (exact) mass is 528 g/mol. The zero-order valence-electron chi connectivity index (χ0n) is 19.2. The number of rotatable bonds is 6. The minimum Gasteiger partial charge on any atom is -0.443 e. The van der Waals surface area contributed by atoms with Crippen molar-refractivity contribution in [1.29, 1.82) is 0 Å². The highest BCUT2D eigenvalue weighted by Gasteiger charge is 2.29. The molecule has 0 fully saturated rings. The lowest BCUT2D eigenvalue weighted by molar-refractivity contribution is -0.140. The van der Waals surface area contributed by atoms with E-state index in [0.29, 0.717) is 11.4 Å². The van der Waals surface area contributed by atoms with Crippen LogP contribution in [-0.4, -0.2) is 40.1 Å². The molecule has 3 rings (SSSR count). The third kappa shape index (κ3) is 6.49. The second-order valence-electron chi connectivity index (χ2n) is 8.79. The third-order valence-electron chi connectivity index (χ3n) is 4.46. The number of carbonyl (C=O) groups excluding carboxylic acids is 2. The Balaban J connectivity index is 1.93. The van der Waals surface area contributed by atoms with Crippen molar-refractivity contribution in [1.82, 2.24) is 10.2 Å². The van der Waals surface area contributed by atoms with Gasteiger partial charge in [-0.3, -0.25) is 4.90 Å². The largest absolute Gasteiger partial charge is 0.443 e. The number of oxime groups is 1. The van der Waals surface area contributed by atoms with Gasteiger partial charge in [0.2, 0.25) is 5.88 Å². The van der Waals surface area contributed by atoms with E-state index in [1.807, 2.05) is 13.8 Å². The van der Waals surface area contributed by atoms with Crippen molar-refractivity contribution in [2.75, 3.05) is 11.4 Å². The maximum Gasteiger partial charge on any atom is 0.415 e. The molecule has 34 heavy (non-hydrogen) atoms. The molecule has 1 aromatic heterocycles. The molecule has 9 nitrogen and oxygen atoms in total. The first-order chi connectivity index (χ1) is 15.8. The van der Waals surface area contributed by atoms with E-state index in [4.69, 9.17) is 44.3 Å².